The highest BCUT2D eigenvalue weighted by Crippen LogP contribution is 2.23. The van der Waals surface area contributed by atoms with Gasteiger partial charge in [0.2, 0.25) is 0 Å². The molecule has 2 heterocycles. The van der Waals surface area contributed by atoms with E-state index in [4.69, 9.17) is 13.9 Å². The van der Waals surface area contributed by atoms with Crippen LogP contribution in [0.4, 0.5) is 0 Å². The van der Waals surface area contributed by atoms with Gasteiger partial charge in [0.15, 0.2) is 0 Å². The summed E-state index contributed by atoms with van der Waals surface area (Å²) in [6.07, 6.45) is 3.17. The molecule has 1 atom stereocenters. The second kappa shape index (κ2) is 7.26. The van der Waals surface area contributed by atoms with Crippen LogP contribution in [0.3, 0.4) is 0 Å². The van der Waals surface area contributed by atoms with Crippen molar-refractivity contribution in [1.82, 2.24) is 4.90 Å². The normalized spacial score (nSPS) is 18.7. The fraction of sp³-hybridized carbons (Fsp3) is 0.600. The predicted molar refractivity (Wildman–Crippen MR) is 74.7 cm³/mol. The largest absolute Gasteiger partial charge is 0.467 e. The molecule has 6 nitrogen and oxygen atoms in total. The maximum absolute atomic E-state index is 11.9. The lowest BCUT2D eigenvalue weighted by molar-refractivity contribution is -0.148. The molecule has 1 aliphatic heterocycles. The van der Waals surface area contributed by atoms with Crippen molar-refractivity contribution in [2.24, 2.45) is 0 Å². The van der Waals surface area contributed by atoms with Gasteiger partial charge in [-0.25, -0.2) is 4.79 Å². The molecule has 0 amide bonds. The van der Waals surface area contributed by atoms with Crippen molar-refractivity contribution >= 4 is 11.9 Å². The Kier molecular flexibility index (Phi) is 5.38. The second-order valence-corrected chi connectivity index (χ2v) is 4.86. The molecular weight excluding hydrogens is 274 g/mol. The number of carbonyl (C=O) groups is 2. The average molecular weight is 295 g/mol. The van der Waals surface area contributed by atoms with Gasteiger partial charge < -0.3 is 13.9 Å². The lowest BCUT2D eigenvalue weighted by Crippen LogP contribution is -2.37. The summed E-state index contributed by atoms with van der Waals surface area (Å²) in [5, 5.41) is 0. The topological polar surface area (TPSA) is 69.0 Å². The molecule has 1 saturated heterocycles. The Hall–Kier alpha value is -1.82. The molecular formula is C15H21NO5. The first-order valence-corrected chi connectivity index (χ1v) is 7.31. The number of carbonyl (C=O) groups excluding carboxylic acids is 2. The number of nitrogens with zero attached hydrogens (tertiary/aromatic N) is 1. The van der Waals surface area contributed by atoms with E-state index in [0.29, 0.717) is 31.1 Å². The third-order valence-corrected chi connectivity index (χ3v) is 3.51. The van der Waals surface area contributed by atoms with Gasteiger partial charge in [-0.2, -0.15) is 0 Å². The Morgan fingerprint density at radius 2 is 2.10 bits per heavy atom. The fourth-order valence-electron chi connectivity index (χ4n) is 2.56. The van der Waals surface area contributed by atoms with Crippen molar-refractivity contribution < 1.29 is 23.5 Å². The summed E-state index contributed by atoms with van der Waals surface area (Å²) in [5.41, 5.74) is 0.423. The number of furan rings is 1. The van der Waals surface area contributed by atoms with Crippen LogP contribution in [-0.4, -0.2) is 42.6 Å². The molecule has 21 heavy (non-hydrogen) atoms. The molecule has 0 saturated carbocycles. The van der Waals surface area contributed by atoms with Crippen LogP contribution in [0.5, 0.6) is 0 Å². The van der Waals surface area contributed by atoms with Crippen LogP contribution >= 0.6 is 0 Å². The van der Waals surface area contributed by atoms with Crippen LogP contribution in [0.25, 0.3) is 0 Å². The van der Waals surface area contributed by atoms with Crippen molar-refractivity contribution in [2.75, 3.05) is 19.8 Å². The summed E-state index contributed by atoms with van der Waals surface area (Å²) in [6, 6.07) is 1.34. The van der Waals surface area contributed by atoms with E-state index in [1.807, 2.05) is 4.90 Å². The maximum atomic E-state index is 11.9. The van der Waals surface area contributed by atoms with E-state index < -0.39 is 5.97 Å². The standard InChI is InChI=1S/C15H21NO5/c1-3-19-14(17)11-7-9-21-13(11)10-16-8-5-6-12(16)15(18)20-4-2/h7,9,12H,3-6,8,10H2,1-2H3. The summed E-state index contributed by atoms with van der Waals surface area (Å²) in [7, 11) is 0. The van der Waals surface area contributed by atoms with Gasteiger partial charge >= 0.3 is 11.9 Å². The number of likely N-dealkylation sites (tertiary alicyclic amines) is 1. The summed E-state index contributed by atoms with van der Waals surface area (Å²) in [5.74, 6) is -0.0722. The van der Waals surface area contributed by atoms with E-state index in [9.17, 15) is 9.59 Å². The predicted octanol–water partition coefficient (Wildman–Crippen LogP) is 1.98. The molecule has 1 unspecified atom stereocenters. The first-order valence-electron chi connectivity index (χ1n) is 7.31. The summed E-state index contributed by atoms with van der Waals surface area (Å²) < 4.78 is 15.5. The van der Waals surface area contributed by atoms with Gasteiger partial charge in [-0.1, -0.05) is 0 Å². The number of hydrogen-bond donors (Lipinski definition) is 0. The van der Waals surface area contributed by atoms with Crippen LogP contribution < -0.4 is 0 Å². The van der Waals surface area contributed by atoms with Gasteiger partial charge in [-0.3, -0.25) is 9.69 Å². The molecule has 0 aliphatic carbocycles. The maximum Gasteiger partial charge on any atom is 0.341 e. The van der Waals surface area contributed by atoms with E-state index in [-0.39, 0.29) is 12.0 Å². The molecule has 1 aromatic heterocycles. The van der Waals surface area contributed by atoms with Crippen molar-refractivity contribution in [3.05, 3.63) is 23.7 Å². The van der Waals surface area contributed by atoms with Crippen LogP contribution in [0, 0.1) is 0 Å². The highest BCUT2D eigenvalue weighted by molar-refractivity contribution is 5.90. The zero-order valence-electron chi connectivity index (χ0n) is 12.5. The molecule has 6 heteroatoms. The number of hydrogen-bond acceptors (Lipinski definition) is 6. The van der Waals surface area contributed by atoms with Gasteiger partial charge in [-0.05, 0) is 39.3 Å². The minimum absolute atomic E-state index is 0.209. The zero-order valence-corrected chi connectivity index (χ0v) is 12.5. The Labute approximate surface area is 124 Å². The van der Waals surface area contributed by atoms with E-state index >= 15 is 0 Å². The molecule has 0 bridgehead atoms. The summed E-state index contributed by atoms with van der Waals surface area (Å²) in [4.78, 5) is 25.7. The molecule has 0 spiro atoms. The summed E-state index contributed by atoms with van der Waals surface area (Å²) in [6.45, 7) is 5.44. The summed E-state index contributed by atoms with van der Waals surface area (Å²) >= 11 is 0. The van der Waals surface area contributed by atoms with Crippen LogP contribution in [0.2, 0.25) is 0 Å². The second-order valence-electron chi connectivity index (χ2n) is 4.86. The minimum atomic E-state index is -0.395. The third kappa shape index (κ3) is 3.64. The quantitative estimate of drug-likeness (QED) is 0.748. The SMILES string of the molecule is CCOC(=O)c1ccoc1CN1CCCC1C(=O)OCC. The molecule has 1 fully saturated rings. The highest BCUT2D eigenvalue weighted by atomic mass is 16.5. The first-order chi connectivity index (χ1) is 10.2. The average Bonchev–Trinajstić information content (AvgIpc) is 3.09. The number of rotatable bonds is 6. The smallest absolute Gasteiger partial charge is 0.341 e. The van der Waals surface area contributed by atoms with Gasteiger partial charge in [0, 0.05) is 0 Å². The number of ether oxygens (including phenoxy) is 2. The van der Waals surface area contributed by atoms with E-state index in [1.54, 1.807) is 19.9 Å². The van der Waals surface area contributed by atoms with E-state index in [0.717, 1.165) is 19.4 Å². The fourth-order valence-corrected chi connectivity index (χ4v) is 2.56. The van der Waals surface area contributed by atoms with Crippen LogP contribution in [0.15, 0.2) is 16.7 Å². The van der Waals surface area contributed by atoms with Crippen LogP contribution in [0.1, 0.15) is 42.8 Å². The van der Waals surface area contributed by atoms with Crippen molar-refractivity contribution in [1.29, 1.82) is 0 Å². The Morgan fingerprint density at radius 3 is 2.81 bits per heavy atom. The van der Waals surface area contributed by atoms with E-state index in [2.05, 4.69) is 0 Å². The zero-order chi connectivity index (χ0) is 15.2. The van der Waals surface area contributed by atoms with Crippen molar-refractivity contribution in [3.63, 3.8) is 0 Å². The molecule has 1 aliphatic rings. The lowest BCUT2D eigenvalue weighted by Gasteiger charge is -2.21. The van der Waals surface area contributed by atoms with Crippen molar-refractivity contribution in [2.45, 2.75) is 39.3 Å². The minimum Gasteiger partial charge on any atom is -0.467 e. The molecule has 1 aromatic rings. The molecule has 0 aromatic carbocycles. The Bertz CT molecular complexity index is 496. The Morgan fingerprint density at radius 1 is 1.33 bits per heavy atom. The molecule has 116 valence electrons. The molecule has 0 N–H and O–H groups in total. The van der Waals surface area contributed by atoms with E-state index in [1.165, 1.54) is 6.26 Å². The number of esters is 2. The molecule has 2 rings (SSSR count). The van der Waals surface area contributed by atoms with Gasteiger partial charge in [0.25, 0.3) is 0 Å². The first kappa shape index (κ1) is 15.6. The lowest BCUT2D eigenvalue weighted by atomic mass is 10.2. The monoisotopic (exact) mass is 295 g/mol. The Balaban J connectivity index is 2.06. The van der Waals surface area contributed by atoms with Gasteiger partial charge in [-0.15, -0.1) is 0 Å². The molecule has 0 radical (unpaired) electrons. The van der Waals surface area contributed by atoms with Crippen molar-refractivity contribution in [3.8, 4) is 0 Å². The highest BCUT2D eigenvalue weighted by Gasteiger charge is 2.33. The third-order valence-electron chi connectivity index (χ3n) is 3.51. The van der Waals surface area contributed by atoms with Gasteiger partial charge in [0.1, 0.15) is 17.4 Å². The van der Waals surface area contributed by atoms with Crippen LogP contribution in [-0.2, 0) is 20.8 Å². The van der Waals surface area contributed by atoms with Gasteiger partial charge in [0.05, 0.1) is 26.0 Å².